The van der Waals surface area contributed by atoms with Crippen molar-refractivity contribution in [1.82, 2.24) is 5.32 Å². The molecule has 0 spiro atoms. The summed E-state index contributed by atoms with van der Waals surface area (Å²) < 4.78 is 26.8. The summed E-state index contributed by atoms with van der Waals surface area (Å²) in [5.74, 6) is -1.71. The van der Waals surface area contributed by atoms with E-state index in [4.69, 9.17) is 0 Å². The quantitative estimate of drug-likeness (QED) is 0.922. The average molecular weight is 344 g/mol. The minimum absolute atomic E-state index is 0.0410. The molecule has 6 heteroatoms. The van der Waals surface area contributed by atoms with Crippen molar-refractivity contribution in [2.45, 2.75) is 25.8 Å². The van der Waals surface area contributed by atoms with E-state index in [-0.39, 0.29) is 17.4 Å². The average Bonchev–Trinajstić information content (AvgIpc) is 3.01. The molecular formula is C19H18F2N2O2. The fraction of sp³-hybridized carbons (Fsp3) is 0.263. The maximum Gasteiger partial charge on any atom is 0.251 e. The Balaban J connectivity index is 1.76. The van der Waals surface area contributed by atoms with Crippen molar-refractivity contribution in [3.05, 3.63) is 65.2 Å². The van der Waals surface area contributed by atoms with Crippen LogP contribution in [-0.4, -0.2) is 18.4 Å². The Morgan fingerprint density at radius 2 is 2.00 bits per heavy atom. The van der Waals surface area contributed by atoms with Gasteiger partial charge in [-0.25, -0.2) is 8.78 Å². The molecule has 1 aliphatic heterocycles. The van der Waals surface area contributed by atoms with Crippen LogP contribution in [0.25, 0.3) is 0 Å². The van der Waals surface area contributed by atoms with E-state index in [2.05, 4.69) is 5.32 Å². The number of hydrogen-bond acceptors (Lipinski definition) is 2. The highest BCUT2D eigenvalue weighted by atomic mass is 19.1. The predicted molar refractivity (Wildman–Crippen MR) is 90.3 cm³/mol. The highest BCUT2D eigenvalue weighted by molar-refractivity contribution is 5.99. The summed E-state index contributed by atoms with van der Waals surface area (Å²) in [5, 5.41) is 2.70. The molecule has 1 N–H and O–H groups in total. The van der Waals surface area contributed by atoms with E-state index in [1.165, 1.54) is 6.07 Å². The van der Waals surface area contributed by atoms with Gasteiger partial charge in [0.25, 0.3) is 5.91 Å². The second kappa shape index (κ2) is 7.01. The molecule has 0 radical (unpaired) electrons. The van der Waals surface area contributed by atoms with E-state index in [1.54, 1.807) is 36.1 Å². The number of carbonyl (C=O) groups excluding carboxylic acids is 2. The number of nitrogens with zero attached hydrogens (tertiary/aromatic N) is 1. The molecule has 0 unspecified atom stereocenters. The molecule has 1 aliphatic rings. The summed E-state index contributed by atoms with van der Waals surface area (Å²) in [6, 6.07) is 9.40. The molecule has 4 nitrogen and oxygen atoms in total. The van der Waals surface area contributed by atoms with Crippen molar-refractivity contribution in [2.24, 2.45) is 0 Å². The van der Waals surface area contributed by atoms with Gasteiger partial charge in [-0.1, -0.05) is 12.1 Å². The third kappa shape index (κ3) is 3.68. The van der Waals surface area contributed by atoms with Crippen LogP contribution in [0.2, 0.25) is 0 Å². The highest BCUT2D eigenvalue weighted by Crippen LogP contribution is 2.23. The van der Waals surface area contributed by atoms with Crippen molar-refractivity contribution >= 4 is 17.5 Å². The molecule has 1 saturated heterocycles. The van der Waals surface area contributed by atoms with Crippen molar-refractivity contribution in [3.63, 3.8) is 0 Å². The highest BCUT2D eigenvalue weighted by Gasteiger charge is 2.22. The van der Waals surface area contributed by atoms with Crippen molar-refractivity contribution in [3.8, 4) is 0 Å². The first-order valence-electron chi connectivity index (χ1n) is 8.12. The van der Waals surface area contributed by atoms with Crippen molar-refractivity contribution < 1.29 is 18.4 Å². The van der Waals surface area contributed by atoms with E-state index in [1.807, 2.05) is 0 Å². The molecule has 25 heavy (non-hydrogen) atoms. The number of rotatable bonds is 4. The minimum atomic E-state index is -0.704. The summed E-state index contributed by atoms with van der Waals surface area (Å²) in [6.45, 7) is 2.27. The van der Waals surface area contributed by atoms with Gasteiger partial charge in [0.2, 0.25) is 5.91 Å². The number of hydrogen-bond donors (Lipinski definition) is 1. The molecule has 0 saturated carbocycles. The predicted octanol–water partition coefficient (Wildman–Crippen LogP) is 3.58. The van der Waals surface area contributed by atoms with Gasteiger partial charge < -0.3 is 10.2 Å². The van der Waals surface area contributed by atoms with Crippen LogP contribution in [0.3, 0.4) is 0 Å². The van der Waals surface area contributed by atoms with Gasteiger partial charge in [0.05, 0.1) is 6.04 Å². The first kappa shape index (κ1) is 17.1. The van der Waals surface area contributed by atoms with Gasteiger partial charge in [-0.3, -0.25) is 9.59 Å². The molecule has 0 aliphatic carbocycles. The van der Waals surface area contributed by atoms with Crippen LogP contribution in [-0.2, 0) is 4.79 Å². The first-order chi connectivity index (χ1) is 12.0. The van der Waals surface area contributed by atoms with E-state index >= 15 is 0 Å². The van der Waals surface area contributed by atoms with Crippen molar-refractivity contribution in [2.75, 3.05) is 11.4 Å². The number of benzene rings is 2. The van der Waals surface area contributed by atoms with Crippen LogP contribution in [0.15, 0.2) is 42.5 Å². The number of carbonyl (C=O) groups is 2. The van der Waals surface area contributed by atoms with Gasteiger partial charge in [-0.2, -0.15) is 0 Å². The lowest BCUT2D eigenvalue weighted by molar-refractivity contribution is -0.117. The normalized spacial score (nSPS) is 15.3. The van der Waals surface area contributed by atoms with Gasteiger partial charge in [-0.05, 0) is 37.6 Å². The first-order valence-corrected chi connectivity index (χ1v) is 8.12. The lowest BCUT2D eigenvalue weighted by atomic mass is 10.1. The van der Waals surface area contributed by atoms with Gasteiger partial charge in [-0.15, -0.1) is 0 Å². The standard InChI is InChI=1S/C19H18F2N2O2/c1-12(16-8-7-14(20)11-17(16)21)22-19(25)13-4-2-5-15(10-13)23-9-3-6-18(23)24/h2,4-5,7-8,10-12H,3,6,9H2,1H3,(H,22,25)/t12-/m0/s1. The van der Waals surface area contributed by atoms with Crippen molar-refractivity contribution in [1.29, 1.82) is 0 Å². The topological polar surface area (TPSA) is 49.4 Å². The zero-order valence-corrected chi connectivity index (χ0v) is 13.8. The molecule has 2 aromatic rings. The van der Waals surface area contributed by atoms with E-state index in [0.29, 0.717) is 24.2 Å². The van der Waals surface area contributed by atoms with E-state index in [9.17, 15) is 18.4 Å². The second-order valence-corrected chi connectivity index (χ2v) is 6.06. The summed E-state index contributed by atoms with van der Waals surface area (Å²) in [7, 11) is 0. The molecule has 2 aromatic carbocycles. The lowest BCUT2D eigenvalue weighted by Gasteiger charge is -2.18. The zero-order chi connectivity index (χ0) is 18.0. The SMILES string of the molecule is C[C@H](NC(=O)c1cccc(N2CCCC2=O)c1)c1ccc(F)cc1F. The van der Waals surface area contributed by atoms with Crippen LogP contribution in [0, 0.1) is 11.6 Å². The summed E-state index contributed by atoms with van der Waals surface area (Å²) in [6.07, 6.45) is 1.31. The van der Waals surface area contributed by atoms with Crippen LogP contribution < -0.4 is 10.2 Å². The fourth-order valence-corrected chi connectivity index (χ4v) is 2.95. The molecule has 0 aromatic heterocycles. The Morgan fingerprint density at radius 3 is 2.68 bits per heavy atom. The number of amides is 2. The van der Waals surface area contributed by atoms with Gasteiger partial charge in [0, 0.05) is 35.8 Å². The third-order valence-corrected chi connectivity index (χ3v) is 4.27. The molecule has 0 bridgehead atoms. The van der Waals surface area contributed by atoms with E-state index < -0.39 is 17.7 Å². The Bertz CT molecular complexity index is 823. The van der Waals surface area contributed by atoms with Gasteiger partial charge in [0.1, 0.15) is 11.6 Å². The van der Waals surface area contributed by atoms with Crippen LogP contribution >= 0.6 is 0 Å². The smallest absolute Gasteiger partial charge is 0.251 e. The summed E-state index contributed by atoms with van der Waals surface area (Å²) in [4.78, 5) is 25.9. The maximum atomic E-state index is 13.8. The largest absolute Gasteiger partial charge is 0.345 e. The third-order valence-electron chi connectivity index (χ3n) is 4.27. The Morgan fingerprint density at radius 1 is 1.20 bits per heavy atom. The summed E-state index contributed by atoms with van der Waals surface area (Å²) in [5.41, 5.74) is 1.27. The van der Waals surface area contributed by atoms with E-state index in [0.717, 1.165) is 18.6 Å². The van der Waals surface area contributed by atoms with Crippen LogP contribution in [0.5, 0.6) is 0 Å². The van der Waals surface area contributed by atoms with Gasteiger partial charge >= 0.3 is 0 Å². The molecule has 3 rings (SSSR count). The Labute approximate surface area is 144 Å². The zero-order valence-electron chi connectivity index (χ0n) is 13.8. The number of nitrogens with one attached hydrogen (secondary N) is 1. The monoisotopic (exact) mass is 344 g/mol. The van der Waals surface area contributed by atoms with Crippen LogP contribution in [0.4, 0.5) is 14.5 Å². The molecule has 1 fully saturated rings. The Kier molecular flexibility index (Phi) is 4.79. The maximum absolute atomic E-state index is 13.8. The summed E-state index contributed by atoms with van der Waals surface area (Å²) >= 11 is 0. The Hall–Kier alpha value is -2.76. The van der Waals surface area contributed by atoms with Crippen LogP contribution in [0.1, 0.15) is 41.7 Å². The number of halogens is 2. The second-order valence-electron chi connectivity index (χ2n) is 6.06. The molecule has 1 atom stereocenters. The molecule has 1 heterocycles. The minimum Gasteiger partial charge on any atom is -0.345 e. The van der Waals surface area contributed by atoms with Gasteiger partial charge in [0.15, 0.2) is 0 Å². The fourth-order valence-electron chi connectivity index (χ4n) is 2.95. The molecule has 130 valence electrons. The lowest BCUT2D eigenvalue weighted by Crippen LogP contribution is -2.28. The number of anilines is 1. The molecular weight excluding hydrogens is 326 g/mol. The molecule has 2 amide bonds.